The molecule has 1 fully saturated rings. The maximum atomic E-state index is 13.3. The predicted octanol–water partition coefficient (Wildman–Crippen LogP) is 6.57. The van der Waals surface area contributed by atoms with E-state index in [0.29, 0.717) is 41.8 Å². The molecule has 1 saturated heterocycles. The van der Waals surface area contributed by atoms with Crippen LogP contribution in [-0.2, 0) is 15.6 Å². The minimum Gasteiger partial charge on any atom is -0.497 e. The molecule has 3 rings (SSSR count). The van der Waals surface area contributed by atoms with E-state index in [1.165, 1.54) is 11.1 Å². The van der Waals surface area contributed by atoms with Gasteiger partial charge in [-0.3, -0.25) is 9.59 Å². The lowest BCUT2D eigenvalue weighted by Crippen LogP contribution is -2.47. The number of amides is 2. The number of carbonyl (C=O) groups is 2. The maximum Gasteiger partial charge on any atom is 0.255 e. The molecule has 2 amide bonds. The lowest BCUT2D eigenvalue weighted by molar-refractivity contribution is -0.124. The van der Waals surface area contributed by atoms with Gasteiger partial charge in [0.05, 0.1) is 26.7 Å². The molecule has 0 aliphatic carbocycles. The van der Waals surface area contributed by atoms with Crippen molar-refractivity contribution in [3.05, 3.63) is 53.1 Å². The van der Waals surface area contributed by atoms with Crippen molar-refractivity contribution in [2.24, 2.45) is 0 Å². The van der Waals surface area contributed by atoms with Gasteiger partial charge < -0.3 is 24.4 Å². The zero-order valence-corrected chi connectivity index (χ0v) is 26.9. The highest BCUT2D eigenvalue weighted by Gasteiger charge is 2.35. The van der Waals surface area contributed by atoms with Crippen LogP contribution in [0.25, 0.3) is 0 Å². The highest BCUT2D eigenvalue weighted by atomic mass is 32.2. The summed E-state index contributed by atoms with van der Waals surface area (Å²) < 4.78 is 16.9. The second kappa shape index (κ2) is 14.3. The number of nitrogens with zero attached hydrogens (tertiary/aromatic N) is 1. The fourth-order valence-corrected chi connectivity index (χ4v) is 5.85. The Balaban J connectivity index is 1.53. The van der Waals surface area contributed by atoms with Crippen molar-refractivity contribution >= 4 is 23.6 Å². The van der Waals surface area contributed by atoms with Crippen LogP contribution < -0.4 is 19.5 Å². The maximum absolute atomic E-state index is 13.3. The summed E-state index contributed by atoms with van der Waals surface area (Å²) in [4.78, 5) is 27.9. The molecule has 1 atom stereocenters. The summed E-state index contributed by atoms with van der Waals surface area (Å²) in [5.74, 6) is 2.73. The first-order chi connectivity index (χ1) is 19.5. The molecule has 0 radical (unpaired) electrons. The summed E-state index contributed by atoms with van der Waals surface area (Å²) in [6, 6.07) is 11.2. The van der Waals surface area contributed by atoms with Gasteiger partial charge in [0, 0.05) is 29.5 Å². The van der Waals surface area contributed by atoms with E-state index < -0.39 is 6.04 Å². The lowest BCUT2D eigenvalue weighted by Gasteiger charge is -2.30. The van der Waals surface area contributed by atoms with Crippen LogP contribution in [-0.4, -0.2) is 61.8 Å². The molecular weight excluding hydrogens is 536 g/mol. The van der Waals surface area contributed by atoms with Crippen LogP contribution in [0, 0.1) is 0 Å². The van der Waals surface area contributed by atoms with Crippen molar-refractivity contribution in [1.29, 1.82) is 0 Å². The zero-order chi connectivity index (χ0) is 30.2. The average molecular weight is 585 g/mol. The smallest absolute Gasteiger partial charge is 0.255 e. The molecule has 1 N–H and O–H groups in total. The Labute approximate surface area is 250 Å². The molecule has 0 bridgehead atoms. The SMILES string of the molecule is CCC(C)(C)c1ccc(OCCCCNC(=O)C2CSCN2C(=O)c2cc(OC)cc(OC)c2)c(C(C)(C)CC)c1. The number of hydrogen-bond acceptors (Lipinski definition) is 6. The molecule has 1 unspecified atom stereocenters. The van der Waals surface area contributed by atoms with Crippen LogP contribution in [0.15, 0.2) is 36.4 Å². The van der Waals surface area contributed by atoms with Crippen molar-refractivity contribution in [2.75, 3.05) is 39.0 Å². The Kier molecular flexibility index (Phi) is 11.4. The molecule has 0 spiro atoms. The summed E-state index contributed by atoms with van der Waals surface area (Å²) in [6.45, 7) is 14.7. The fraction of sp³-hybridized carbons (Fsp3) is 0.576. The largest absolute Gasteiger partial charge is 0.497 e. The van der Waals surface area contributed by atoms with E-state index in [2.05, 4.69) is 65.1 Å². The van der Waals surface area contributed by atoms with Crippen LogP contribution in [0.5, 0.6) is 17.2 Å². The van der Waals surface area contributed by atoms with Crippen molar-refractivity contribution in [2.45, 2.75) is 84.1 Å². The Morgan fingerprint density at radius 2 is 1.61 bits per heavy atom. The summed E-state index contributed by atoms with van der Waals surface area (Å²) in [7, 11) is 3.09. The van der Waals surface area contributed by atoms with Crippen LogP contribution in [0.2, 0.25) is 0 Å². The molecule has 7 nitrogen and oxygen atoms in total. The second-order valence-electron chi connectivity index (χ2n) is 11.9. The Hall–Kier alpha value is -2.87. The molecule has 226 valence electrons. The molecule has 0 saturated carbocycles. The van der Waals surface area contributed by atoms with Gasteiger partial charge in [-0.25, -0.2) is 0 Å². The van der Waals surface area contributed by atoms with Gasteiger partial charge in [-0.15, -0.1) is 11.8 Å². The number of nitrogens with one attached hydrogen (secondary N) is 1. The van der Waals surface area contributed by atoms with Gasteiger partial charge >= 0.3 is 0 Å². The third-order valence-electron chi connectivity index (χ3n) is 8.43. The fourth-order valence-electron chi connectivity index (χ4n) is 4.70. The zero-order valence-electron chi connectivity index (χ0n) is 26.1. The molecule has 1 heterocycles. The minimum absolute atomic E-state index is 0.0156. The number of hydrogen-bond donors (Lipinski definition) is 1. The third-order valence-corrected chi connectivity index (χ3v) is 9.44. The van der Waals surface area contributed by atoms with Crippen LogP contribution in [0.3, 0.4) is 0 Å². The summed E-state index contributed by atoms with van der Waals surface area (Å²) in [6.07, 6.45) is 3.71. The Morgan fingerprint density at radius 1 is 0.951 bits per heavy atom. The number of unbranched alkanes of at least 4 members (excludes halogenated alkanes) is 1. The van der Waals surface area contributed by atoms with E-state index in [0.717, 1.165) is 31.4 Å². The van der Waals surface area contributed by atoms with Crippen LogP contribution in [0.4, 0.5) is 0 Å². The first kappa shape index (κ1) is 32.6. The molecule has 2 aromatic rings. The topological polar surface area (TPSA) is 77.1 Å². The number of carbonyl (C=O) groups excluding carboxylic acids is 2. The molecule has 41 heavy (non-hydrogen) atoms. The predicted molar refractivity (Wildman–Crippen MR) is 168 cm³/mol. The van der Waals surface area contributed by atoms with E-state index in [-0.39, 0.29) is 22.6 Å². The van der Waals surface area contributed by atoms with E-state index in [1.807, 2.05) is 0 Å². The van der Waals surface area contributed by atoms with Gasteiger partial charge in [0.15, 0.2) is 0 Å². The average Bonchev–Trinajstić information content (AvgIpc) is 3.48. The number of rotatable bonds is 14. The molecule has 2 aromatic carbocycles. The van der Waals surface area contributed by atoms with Gasteiger partial charge in [0.2, 0.25) is 5.91 Å². The number of thioether (sulfide) groups is 1. The second-order valence-corrected chi connectivity index (χ2v) is 12.9. The van der Waals surface area contributed by atoms with E-state index >= 15 is 0 Å². The van der Waals surface area contributed by atoms with E-state index in [9.17, 15) is 9.59 Å². The standard InChI is InChI=1S/C33H48N2O5S/c1-9-32(3,4)24-13-14-29(27(19-24)33(5,6)10-2)40-16-12-11-15-34-30(36)28-21-41-22-35(28)31(37)23-17-25(38-7)20-26(18-23)39-8/h13-14,17-20,28H,9-12,15-16,21-22H2,1-8H3,(H,34,36). The number of benzene rings is 2. The van der Waals surface area contributed by atoms with Crippen LogP contribution >= 0.6 is 11.8 Å². The van der Waals surface area contributed by atoms with Crippen LogP contribution in [0.1, 0.15) is 88.7 Å². The highest BCUT2D eigenvalue weighted by Crippen LogP contribution is 2.38. The first-order valence-corrected chi connectivity index (χ1v) is 15.8. The molecule has 1 aliphatic rings. The van der Waals surface area contributed by atoms with E-state index in [1.54, 1.807) is 49.1 Å². The quantitative estimate of drug-likeness (QED) is 0.253. The van der Waals surface area contributed by atoms with Gasteiger partial charge in [-0.1, -0.05) is 53.7 Å². The van der Waals surface area contributed by atoms with E-state index in [4.69, 9.17) is 14.2 Å². The molecule has 8 heteroatoms. The van der Waals surface area contributed by atoms with Crippen molar-refractivity contribution in [1.82, 2.24) is 10.2 Å². The highest BCUT2D eigenvalue weighted by molar-refractivity contribution is 7.99. The van der Waals surface area contributed by atoms with Gasteiger partial charge in [-0.05, 0) is 60.3 Å². The van der Waals surface area contributed by atoms with Gasteiger partial charge in [0.1, 0.15) is 23.3 Å². The van der Waals surface area contributed by atoms with Gasteiger partial charge in [0.25, 0.3) is 5.91 Å². The normalized spacial score (nSPS) is 15.5. The lowest BCUT2D eigenvalue weighted by atomic mass is 9.76. The molecular formula is C33H48N2O5S. The molecule has 1 aliphatic heterocycles. The van der Waals surface area contributed by atoms with Crippen molar-refractivity contribution in [3.63, 3.8) is 0 Å². The Bertz CT molecular complexity index is 1170. The van der Waals surface area contributed by atoms with Gasteiger partial charge in [-0.2, -0.15) is 0 Å². The summed E-state index contributed by atoms with van der Waals surface area (Å²) in [5, 5.41) is 3.03. The summed E-state index contributed by atoms with van der Waals surface area (Å²) >= 11 is 1.58. The van der Waals surface area contributed by atoms with Crippen molar-refractivity contribution < 1.29 is 23.8 Å². The first-order valence-electron chi connectivity index (χ1n) is 14.6. The summed E-state index contributed by atoms with van der Waals surface area (Å²) in [5.41, 5.74) is 3.17. The number of ether oxygens (including phenoxy) is 3. The third kappa shape index (κ3) is 8.12. The Morgan fingerprint density at radius 3 is 2.22 bits per heavy atom. The van der Waals surface area contributed by atoms with Crippen molar-refractivity contribution in [3.8, 4) is 17.2 Å². The molecule has 0 aromatic heterocycles. The monoisotopic (exact) mass is 584 g/mol. The number of methoxy groups -OCH3 is 2. The minimum atomic E-state index is -0.509.